The standard InChI is InChI=1S/C20H23N3O3/c1-20(13-14-7-5-6-10-16(14)18(24)26-20)19(25)22-17-11-12-21-23(17)15-8-3-2-4-9-15/h5-7,10-12,15H,2-4,8-9,13H2,1H3,(H,22,25). The van der Waals surface area contributed by atoms with Crippen LogP contribution < -0.4 is 5.32 Å². The first kappa shape index (κ1) is 16.8. The van der Waals surface area contributed by atoms with Gasteiger partial charge in [-0.25, -0.2) is 9.48 Å². The summed E-state index contributed by atoms with van der Waals surface area (Å²) < 4.78 is 7.42. The van der Waals surface area contributed by atoms with Crippen molar-refractivity contribution in [2.45, 2.75) is 57.1 Å². The molecule has 6 heteroatoms. The van der Waals surface area contributed by atoms with E-state index < -0.39 is 11.6 Å². The van der Waals surface area contributed by atoms with Gasteiger partial charge in [0.15, 0.2) is 5.60 Å². The van der Waals surface area contributed by atoms with Crippen molar-refractivity contribution in [3.63, 3.8) is 0 Å². The van der Waals surface area contributed by atoms with Crippen LogP contribution in [0, 0.1) is 0 Å². The summed E-state index contributed by atoms with van der Waals surface area (Å²) in [6.07, 6.45) is 7.84. The smallest absolute Gasteiger partial charge is 0.339 e. The lowest BCUT2D eigenvalue weighted by atomic mass is 9.89. The maximum atomic E-state index is 12.9. The number of benzene rings is 1. The minimum absolute atomic E-state index is 0.316. The number of nitrogens with one attached hydrogen (secondary N) is 1. The molecule has 1 aliphatic carbocycles. The predicted molar refractivity (Wildman–Crippen MR) is 96.9 cm³/mol. The summed E-state index contributed by atoms with van der Waals surface area (Å²) in [6, 6.07) is 9.38. The Hall–Kier alpha value is -2.63. The summed E-state index contributed by atoms with van der Waals surface area (Å²) in [7, 11) is 0. The van der Waals surface area contributed by atoms with E-state index in [-0.39, 0.29) is 5.91 Å². The molecule has 1 saturated carbocycles. The van der Waals surface area contributed by atoms with Crippen LogP contribution in [0.15, 0.2) is 36.5 Å². The number of ether oxygens (including phenoxy) is 1. The quantitative estimate of drug-likeness (QED) is 0.857. The number of aromatic nitrogens is 2. The van der Waals surface area contributed by atoms with Crippen LogP contribution in [0.3, 0.4) is 0 Å². The second-order valence-electron chi connectivity index (χ2n) is 7.36. The number of anilines is 1. The van der Waals surface area contributed by atoms with Gasteiger partial charge >= 0.3 is 5.97 Å². The maximum absolute atomic E-state index is 12.9. The fourth-order valence-electron chi connectivity index (χ4n) is 3.94. The van der Waals surface area contributed by atoms with Crippen LogP contribution in [-0.4, -0.2) is 27.3 Å². The van der Waals surface area contributed by atoms with Gasteiger partial charge in [0.25, 0.3) is 5.91 Å². The molecule has 6 nitrogen and oxygen atoms in total. The van der Waals surface area contributed by atoms with Gasteiger partial charge in [-0.15, -0.1) is 0 Å². The van der Waals surface area contributed by atoms with E-state index in [1.165, 1.54) is 19.3 Å². The van der Waals surface area contributed by atoms with Gasteiger partial charge in [0.1, 0.15) is 5.82 Å². The van der Waals surface area contributed by atoms with Crippen molar-refractivity contribution in [2.75, 3.05) is 5.32 Å². The Labute approximate surface area is 152 Å². The van der Waals surface area contributed by atoms with Crippen LogP contribution in [0.2, 0.25) is 0 Å². The van der Waals surface area contributed by atoms with Crippen molar-refractivity contribution in [3.8, 4) is 0 Å². The number of fused-ring (bicyclic) bond motifs is 1. The highest BCUT2D eigenvalue weighted by Gasteiger charge is 2.43. The molecule has 26 heavy (non-hydrogen) atoms. The summed E-state index contributed by atoms with van der Waals surface area (Å²) in [6.45, 7) is 1.66. The molecule has 1 amide bonds. The Bertz CT molecular complexity index is 838. The zero-order valence-electron chi connectivity index (χ0n) is 14.9. The number of carbonyl (C=O) groups excluding carboxylic acids is 2. The molecular formula is C20H23N3O3. The van der Waals surface area contributed by atoms with Gasteiger partial charge in [0, 0.05) is 12.5 Å². The zero-order chi connectivity index (χ0) is 18.1. The van der Waals surface area contributed by atoms with E-state index in [4.69, 9.17) is 4.74 Å². The lowest BCUT2D eigenvalue weighted by molar-refractivity contribution is -0.134. The number of esters is 1. The van der Waals surface area contributed by atoms with Crippen LogP contribution in [0.25, 0.3) is 0 Å². The zero-order valence-corrected chi connectivity index (χ0v) is 14.9. The Morgan fingerprint density at radius 3 is 2.81 bits per heavy atom. The van der Waals surface area contributed by atoms with E-state index in [1.54, 1.807) is 31.3 Å². The molecule has 1 fully saturated rings. The van der Waals surface area contributed by atoms with Crippen molar-refractivity contribution in [1.82, 2.24) is 9.78 Å². The highest BCUT2D eigenvalue weighted by molar-refractivity contribution is 6.02. The Morgan fingerprint density at radius 2 is 2.00 bits per heavy atom. The highest BCUT2D eigenvalue weighted by Crippen LogP contribution is 2.32. The minimum atomic E-state index is -1.23. The second-order valence-corrected chi connectivity index (χ2v) is 7.36. The van der Waals surface area contributed by atoms with Gasteiger partial charge in [-0.05, 0) is 31.4 Å². The van der Waals surface area contributed by atoms with Gasteiger partial charge in [-0.3, -0.25) is 4.79 Å². The lowest BCUT2D eigenvalue weighted by Crippen LogP contribution is -2.49. The molecule has 0 saturated heterocycles. The molecule has 1 N–H and O–H groups in total. The van der Waals surface area contributed by atoms with E-state index in [2.05, 4.69) is 10.4 Å². The van der Waals surface area contributed by atoms with Crippen LogP contribution in [0.1, 0.15) is 61.0 Å². The third kappa shape index (κ3) is 3.00. The molecule has 1 atom stereocenters. The molecule has 0 spiro atoms. The molecule has 1 aromatic carbocycles. The summed E-state index contributed by atoms with van der Waals surface area (Å²) in [5, 5.41) is 7.34. The molecule has 2 heterocycles. The van der Waals surface area contributed by atoms with E-state index in [1.807, 2.05) is 16.8 Å². The van der Waals surface area contributed by atoms with Crippen molar-refractivity contribution >= 4 is 17.7 Å². The second kappa shape index (κ2) is 6.59. The number of hydrogen-bond donors (Lipinski definition) is 1. The van der Waals surface area contributed by atoms with E-state index in [0.717, 1.165) is 18.4 Å². The molecule has 1 unspecified atom stereocenters. The molecule has 4 rings (SSSR count). The topological polar surface area (TPSA) is 73.2 Å². The molecule has 136 valence electrons. The first-order valence-corrected chi connectivity index (χ1v) is 9.23. The fourth-order valence-corrected chi connectivity index (χ4v) is 3.94. The van der Waals surface area contributed by atoms with Crippen LogP contribution in [0.4, 0.5) is 5.82 Å². The van der Waals surface area contributed by atoms with Gasteiger partial charge in [0.2, 0.25) is 0 Å². The largest absolute Gasteiger partial charge is 0.445 e. The van der Waals surface area contributed by atoms with E-state index in [0.29, 0.717) is 23.8 Å². The number of rotatable bonds is 3. The Balaban J connectivity index is 1.54. The summed E-state index contributed by atoms with van der Waals surface area (Å²) in [5.74, 6) is -0.110. The van der Waals surface area contributed by atoms with Crippen LogP contribution in [0.5, 0.6) is 0 Å². The normalized spacial score (nSPS) is 23.2. The number of carbonyl (C=O) groups is 2. The first-order chi connectivity index (χ1) is 12.6. The number of amides is 1. The lowest BCUT2D eigenvalue weighted by Gasteiger charge is -2.33. The highest BCUT2D eigenvalue weighted by atomic mass is 16.6. The van der Waals surface area contributed by atoms with Gasteiger partial charge in [0.05, 0.1) is 17.8 Å². The third-order valence-corrected chi connectivity index (χ3v) is 5.40. The van der Waals surface area contributed by atoms with Crippen molar-refractivity contribution in [3.05, 3.63) is 47.7 Å². The number of cyclic esters (lactones) is 1. The maximum Gasteiger partial charge on any atom is 0.339 e. The molecular weight excluding hydrogens is 330 g/mol. The fraction of sp³-hybridized carbons (Fsp3) is 0.450. The predicted octanol–water partition coefficient (Wildman–Crippen LogP) is 3.50. The summed E-state index contributed by atoms with van der Waals surface area (Å²) in [5.41, 5.74) is 0.139. The van der Waals surface area contributed by atoms with Crippen molar-refractivity contribution in [2.24, 2.45) is 0 Å². The molecule has 2 aliphatic rings. The molecule has 1 aliphatic heterocycles. The van der Waals surface area contributed by atoms with Crippen molar-refractivity contribution in [1.29, 1.82) is 0 Å². The molecule has 1 aromatic heterocycles. The van der Waals surface area contributed by atoms with E-state index in [9.17, 15) is 9.59 Å². The SMILES string of the molecule is CC1(C(=O)Nc2ccnn2C2CCCCC2)Cc2ccccc2C(=O)O1. The Morgan fingerprint density at radius 1 is 1.23 bits per heavy atom. The molecule has 0 radical (unpaired) electrons. The van der Waals surface area contributed by atoms with Crippen LogP contribution in [-0.2, 0) is 16.0 Å². The summed E-state index contributed by atoms with van der Waals surface area (Å²) >= 11 is 0. The monoisotopic (exact) mass is 353 g/mol. The average Bonchev–Trinajstić information content (AvgIpc) is 3.10. The van der Waals surface area contributed by atoms with Gasteiger partial charge < -0.3 is 10.1 Å². The van der Waals surface area contributed by atoms with Crippen LogP contribution >= 0.6 is 0 Å². The molecule has 2 aromatic rings. The minimum Gasteiger partial charge on any atom is -0.445 e. The van der Waals surface area contributed by atoms with Gasteiger partial charge in [-0.1, -0.05) is 37.5 Å². The number of nitrogens with zero attached hydrogens (tertiary/aromatic N) is 2. The third-order valence-electron chi connectivity index (χ3n) is 5.40. The van der Waals surface area contributed by atoms with Gasteiger partial charge in [-0.2, -0.15) is 5.10 Å². The Kier molecular flexibility index (Phi) is 4.26. The van der Waals surface area contributed by atoms with E-state index >= 15 is 0 Å². The van der Waals surface area contributed by atoms with Crippen molar-refractivity contribution < 1.29 is 14.3 Å². The summed E-state index contributed by atoms with van der Waals surface area (Å²) in [4.78, 5) is 25.3. The average molecular weight is 353 g/mol. The first-order valence-electron chi connectivity index (χ1n) is 9.23. The number of hydrogen-bond acceptors (Lipinski definition) is 4. The molecule has 0 bridgehead atoms.